The lowest BCUT2D eigenvalue weighted by atomic mass is 10.1. The largest absolute Gasteiger partial charge is 0.352 e. The molecule has 2 N–H and O–H groups in total. The molecule has 0 heterocycles. The highest BCUT2D eigenvalue weighted by molar-refractivity contribution is 7.89. The second-order valence-corrected chi connectivity index (χ2v) is 8.96. The summed E-state index contributed by atoms with van der Waals surface area (Å²) in [5.74, 6) is 0.688. The van der Waals surface area contributed by atoms with Crippen LogP contribution in [0.1, 0.15) is 37.9 Å². The van der Waals surface area contributed by atoms with Crippen molar-refractivity contribution in [3.05, 3.63) is 65.7 Å². The summed E-state index contributed by atoms with van der Waals surface area (Å²) in [6.45, 7) is 6.32. The molecule has 28 heavy (non-hydrogen) atoms. The maximum Gasteiger partial charge on any atom is 0.243 e. The van der Waals surface area contributed by atoms with Crippen LogP contribution in [0.3, 0.4) is 0 Å². The molecule has 1 atom stereocenters. The predicted molar refractivity (Wildman–Crippen MR) is 115 cm³/mol. The van der Waals surface area contributed by atoms with Crippen molar-refractivity contribution in [1.82, 2.24) is 14.9 Å². The first-order chi connectivity index (χ1) is 13.3. The second-order valence-electron chi connectivity index (χ2n) is 6.96. The van der Waals surface area contributed by atoms with E-state index in [-0.39, 0.29) is 12.1 Å². The van der Waals surface area contributed by atoms with E-state index in [1.54, 1.807) is 26.2 Å². The zero-order chi connectivity index (χ0) is 20.7. The Kier molecular flexibility index (Phi) is 7.60. The molecule has 2 rings (SSSR count). The minimum atomic E-state index is -3.46. The molecule has 2 aromatic rings. The standard InChI is InChI=1S/C21H30N4O2S/c1-16(2)25(5)28(26,27)20-13-11-18(12-14-20)15-23-21(22-4)24-17(3)19-9-7-6-8-10-19/h6-14,16-17H,15H2,1-5H3,(H2,22,23,24). The van der Waals surface area contributed by atoms with Crippen LogP contribution in [0.15, 0.2) is 64.5 Å². The Bertz CT molecular complexity index is 878. The molecule has 0 fully saturated rings. The molecule has 0 aromatic heterocycles. The third-order valence-electron chi connectivity index (χ3n) is 4.66. The summed E-state index contributed by atoms with van der Waals surface area (Å²) in [5, 5.41) is 6.62. The van der Waals surface area contributed by atoms with Crippen LogP contribution in [0.2, 0.25) is 0 Å². The fraction of sp³-hybridized carbons (Fsp3) is 0.381. The third kappa shape index (κ3) is 5.56. The zero-order valence-electron chi connectivity index (χ0n) is 17.2. The molecule has 2 aromatic carbocycles. The van der Waals surface area contributed by atoms with Crippen LogP contribution < -0.4 is 10.6 Å². The van der Waals surface area contributed by atoms with Crippen molar-refractivity contribution in [3.63, 3.8) is 0 Å². The van der Waals surface area contributed by atoms with Crippen molar-refractivity contribution in [1.29, 1.82) is 0 Å². The van der Waals surface area contributed by atoms with Crippen LogP contribution in [0.25, 0.3) is 0 Å². The van der Waals surface area contributed by atoms with E-state index < -0.39 is 10.0 Å². The van der Waals surface area contributed by atoms with Gasteiger partial charge >= 0.3 is 0 Å². The third-order valence-corrected chi connectivity index (χ3v) is 6.71. The Morgan fingerprint density at radius 2 is 1.64 bits per heavy atom. The molecule has 0 radical (unpaired) electrons. The predicted octanol–water partition coefficient (Wildman–Crippen LogP) is 3.14. The summed E-state index contributed by atoms with van der Waals surface area (Å²) < 4.78 is 26.4. The summed E-state index contributed by atoms with van der Waals surface area (Å²) >= 11 is 0. The fourth-order valence-corrected chi connectivity index (χ4v) is 4.00. The van der Waals surface area contributed by atoms with Crippen molar-refractivity contribution in [3.8, 4) is 0 Å². The Labute approximate surface area is 168 Å². The number of guanidine groups is 1. The van der Waals surface area contributed by atoms with Gasteiger partial charge in [0.2, 0.25) is 10.0 Å². The number of rotatable bonds is 7. The summed E-state index contributed by atoms with van der Waals surface area (Å²) in [6.07, 6.45) is 0. The molecule has 0 aliphatic heterocycles. The highest BCUT2D eigenvalue weighted by Crippen LogP contribution is 2.17. The number of aliphatic imine (C=N–C) groups is 1. The van der Waals surface area contributed by atoms with Crippen LogP contribution in [-0.4, -0.2) is 38.8 Å². The number of sulfonamides is 1. The van der Waals surface area contributed by atoms with Gasteiger partial charge in [-0.3, -0.25) is 4.99 Å². The molecule has 7 heteroatoms. The van der Waals surface area contributed by atoms with E-state index >= 15 is 0 Å². The summed E-state index contributed by atoms with van der Waals surface area (Å²) in [7, 11) is -0.138. The van der Waals surface area contributed by atoms with Crippen LogP contribution >= 0.6 is 0 Å². The molecule has 0 saturated carbocycles. The quantitative estimate of drug-likeness (QED) is 0.551. The van der Waals surface area contributed by atoms with E-state index in [1.807, 2.05) is 44.2 Å². The van der Waals surface area contributed by atoms with Crippen molar-refractivity contribution >= 4 is 16.0 Å². The lowest BCUT2D eigenvalue weighted by Gasteiger charge is -2.21. The Morgan fingerprint density at radius 3 is 2.18 bits per heavy atom. The van der Waals surface area contributed by atoms with Gasteiger partial charge in [-0.2, -0.15) is 4.31 Å². The lowest BCUT2D eigenvalue weighted by molar-refractivity contribution is 0.410. The zero-order valence-corrected chi connectivity index (χ0v) is 18.0. The molecule has 1 unspecified atom stereocenters. The first-order valence-electron chi connectivity index (χ1n) is 9.34. The van der Waals surface area contributed by atoms with E-state index in [0.29, 0.717) is 17.4 Å². The highest BCUT2D eigenvalue weighted by Gasteiger charge is 2.22. The maximum absolute atomic E-state index is 12.5. The van der Waals surface area contributed by atoms with Crippen molar-refractivity contribution in [2.45, 2.75) is 44.3 Å². The lowest BCUT2D eigenvalue weighted by Crippen LogP contribution is -2.38. The first kappa shape index (κ1) is 21.9. The average Bonchev–Trinajstić information content (AvgIpc) is 2.71. The summed E-state index contributed by atoms with van der Waals surface area (Å²) in [6, 6.07) is 17.1. The maximum atomic E-state index is 12.5. The van der Waals surface area contributed by atoms with Gasteiger partial charge in [-0.15, -0.1) is 0 Å². The summed E-state index contributed by atoms with van der Waals surface area (Å²) in [5.41, 5.74) is 2.15. The van der Waals surface area contributed by atoms with Crippen LogP contribution in [0, 0.1) is 0 Å². The van der Waals surface area contributed by atoms with E-state index in [4.69, 9.17) is 0 Å². The number of nitrogens with one attached hydrogen (secondary N) is 2. The van der Waals surface area contributed by atoms with Gasteiger partial charge in [-0.1, -0.05) is 42.5 Å². The highest BCUT2D eigenvalue weighted by atomic mass is 32.2. The van der Waals surface area contributed by atoms with Gasteiger partial charge in [-0.25, -0.2) is 8.42 Å². The first-order valence-corrected chi connectivity index (χ1v) is 10.8. The SMILES string of the molecule is CN=C(NCc1ccc(S(=O)(=O)N(C)C(C)C)cc1)NC(C)c1ccccc1. The van der Waals surface area contributed by atoms with Crippen molar-refractivity contribution < 1.29 is 8.42 Å². The molecule has 152 valence electrons. The molecule has 0 bridgehead atoms. The Balaban J connectivity index is 1.98. The van der Waals surface area contributed by atoms with Gasteiger partial charge in [0.05, 0.1) is 10.9 Å². The van der Waals surface area contributed by atoms with Crippen LogP contribution in [0.5, 0.6) is 0 Å². The minimum absolute atomic E-state index is 0.0904. The van der Waals surface area contributed by atoms with Gasteiger partial charge in [0, 0.05) is 26.7 Å². The average molecular weight is 403 g/mol. The smallest absolute Gasteiger partial charge is 0.243 e. The molecule has 0 spiro atoms. The summed E-state index contributed by atoms with van der Waals surface area (Å²) in [4.78, 5) is 4.56. The van der Waals surface area contributed by atoms with E-state index in [1.165, 1.54) is 9.87 Å². The topological polar surface area (TPSA) is 73.8 Å². The normalized spacial score (nSPS) is 13.6. The number of nitrogens with zero attached hydrogens (tertiary/aromatic N) is 2. The van der Waals surface area contributed by atoms with Crippen LogP contribution in [-0.2, 0) is 16.6 Å². The monoisotopic (exact) mass is 402 g/mol. The molecular weight excluding hydrogens is 372 g/mol. The molecule has 0 aliphatic rings. The molecule has 6 nitrogen and oxygen atoms in total. The Hall–Kier alpha value is -2.38. The van der Waals surface area contributed by atoms with E-state index in [0.717, 1.165) is 5.56 Å². The van der Waals surface area contributed by atoms with Gasteiger partial charge < -0.3 is 10.6 Å². The number of hydrogen-bond donors (Lipinski definition) is 2. The number of benzene rings is 2. The Morgan fingerprint density at radius 1 is 1.04 bits per heavy atom. The van der Waals surface area contributed by atoms with Gasteiger partial charge in [-0.05, 0) is 44.0 Å². The molecular formula is C21H30N4O2S. The van der Waals surface area contributed by atoms with Gasteiger partial charge in [0.25, 0.3) is 0 Å². The van der Waals surface area contributed by atoms with Crippen molar-refractivity contribution in [2.24, 2.45) is 4.99 Å². The number of hydrogen-bond acceptors (Lipinski definition) is 3. The second kappa shape index (κ2) is 9.71. The van der Waals surface area contributed by atoms with E-state index in [2.05, 4.69) is 34.7 Å². The van der Waals surface area contributed by atoms with Gasteiger partial charge in [0.1, 0.15) is 0 Å². The minimum Gasteiger partial charge on any atom is -0.352 e. The molecule has 0 amide bonds. The van der Waals surface area contributed by atoms with Gasteiger partial charge in [0.15, 0.2) is 5.96 Å². The van der Waals surface area contributed by atoms with E-state index in [9.17, 15) is 8.42 Å². The molecule has 0 aliphatic carbocycles. The fourth-order valence-electron chi connectivity index (χ4n) is 2.63. The van der Waals surface area contributed by atoms with Crippen LogP contribution in [0.4, 0.5) is 0 Å². The van der Waals surface area contributed by atoms with Crippen molar-refractivity contribution in [2.75, 3.05) is 14.1 Å². The molecule has 0 saturated heterocycles.